The Morgan fingerprint density at radius 1 is 1.24 bits per heavy atom. The molecule has 1 aliphatic carbocycles. The first-order valence-electron chi connectivity index (χ1n) is 14.6. The second-order valence-electron chi connectivity index (χ2n) is 11.7. The Balaban J connectivity index is 1.31. The van der Waals surface area contributed by atoms with E-state index in [4.69, 9.17) is 21.1 Å². The summed E-state index contributed by atoms with van der Waals surface area (Å²) in [4.78, 5) is 21.4. The first-order chi connectivity index (χ1) is 19.9. The Bertz CT molecular complexity index is 1320. The van der Waals surface area contributed by atoms with Crippen molar-refractivity contribution in [3.63, 3.8) is 0 Å². The van der Waals surface area contributed by atoms with E-state index < -0.39 is 5.54 Å². The normalized spacial score (nSPS) is 20.5. The fourth-order valence-corrected chi connectivity index (χ4v) is 6.20. The summed E-state index contributed by atoms with van der Waals surface area (Å²) in [6.07, 6.45) is 9.92. The molecular formula is C33H41ClN4O3. The molecule has 1 aromatic heterocycles. The summed E-state index contributed by atoms with van der Waals surface area (Å²) in [7, 11) is 1.77. The van der Waals surface area contributed by atoms with Crippen LogP contribution in [-0.2, 0) is 22.6 Å². The third-order valence-corrected chi connectivity index (χ3v) is 8.80. The summed E-state index contributed by atoms with van der Waals surface area (Å²) >= 11 is 6.11. The van der Waals surface area contributed by atoms with Crippen molar-refractivity contribution in [3.8, 4) is 0 Å². The number of benzene rings is 1. The highest BCUT2D eigenvalue weighted by atomic mass is 35.5. The van der Waals surface area contributed by atoms with E-state index in [-0.39, 0.29) is 0 Å². The molecule has 41 heavy (non-hydrogen) atoms. The van der Waals surface area contributed by atoms with Gasteiger partial charge in [0.1, 0.15) is 17.9 Å². The largest absolute Gasteiger partial charge is 0.491 e. The van der Waals surface area contributed by atoms with Crippen molar-refractivity contribution in [1.29, 1.82) is 0 Å². The summed E-state index contributed by atoms with van der Waals surface area (Å²) in [5, 5.41) is 4.19. The monoisotopic (exact) mass is 576 g/mol. The number of allylic oxidation sites excluding steroid dienone is 4. The Kier molecular flexibility index (Phi) is 9.71. The molecule has 1 saturated heterocycles. The number of methoxy groups -OCH3 is 1. The molecule has 0 N–H and O–H groups in total. The van der Waals surface area contributed by atoms with Gasteiger partial charge in [-0.25, -0.2) is 0 Å². The average molecular weight is 577 g/mol. The predicted octanol–water partition coefficient (Wildman–Crippen LogP) is 6.78. The molecule has 2 aliphatic heterocycles. The molecule has 0 spiro atoms. The number of ether oxygens (including phenoxy) is 2. The van der Waals surface area contributed by atoms with Gasteiger partial charge in [-0.1, -0.05) is 41.1 Å². The maximum Gasteiger partial charge on any atom is 0.130 e. The quantitative estimate of drug-likeness (QED) is 0.275. The van der Waals surface area contributed by atoms with Crippen molar-refractivity contribution in [2.45, 2.75) is 64.3 Å². The topological polar surface area (TPSA) is 67.3 Å². The van der Waals surface area contributed by atoms with Crippen molar-refractivity contribution in [2.24, 2.45) is 5.18 Å². The van der Waals surface area contributed by atoms with Gasteiger partial charge in [0, 0.05) is 68.1 Å². The number of rotatable bonds is 11. The Hall–Kier alpha value is -2.84. The molecule has 0 radical (unpaired) electrons. The lowest BCUT2D eigenvalue weighted by Gasteiger charge is -2.29. The van der Waals surface area contributed by atoms with Crippen molar-refractivity contribution in [1.82, 2.24) is 14.8 Å². The Morgan fingerprint density at radius 2 is 2.07 bits per heavy atom. The zero-order valence-electron chi connectivity index (χ0n) is 24.4. The van der Waals surface area contributed by atoms with E-state index in [0.29, 0.717) is 12.6 Å². The summed E-state index contributed by atoms with van der Waals surface area (Å²) in [6, 6.07) is 12.8. The number of aromatic nitrogens is 1. The maximum atomic E-state index is 11.6. The first-order valence-corrected chi connectivity index (χ1v) is 15.0. The molecule has 7 nitrogen and oxygen atoms in total. The van der Waals surface area contributed by atoms with Crippen molar-refractivity contribution >= 4 is 17.2 Å². The number of likely N-dealkylation sites (tertiary alicyclic amines) is 1. The lowest BCUT2D eigenvalue weighted by atomic mass is 9.82. The molecule has 0 bridgehead atoms. The molecule has 1 atom stereocenters. The minimum atomic E-state index is -0.737. The number of hydrogen-bond acceptors (Lipinski definition) is 7. The zero-order valence-corrected chi connectivity index (χ0v) is 25.2. The zero-order chi connectivity index (χ0) is 28.8. The SMILES string of the molecule is COCCN(Cc1ccc(Cl)cc1)C1CCN(CC/C=C2/C3=C(CCC(C(C)(C)N=O)=C3)OCc3ncccc32)C1. The van der Waals surface area contributed by atoms with Gasteiger partial charge in [0.15, 0.2) is 0 Å². The van der Waals surface area contributed by atoms with Gasteiger partial charge < -0.3 is 14.4 Å². The molecule has 8 heteroatoms. The van der Waals surface area contributed by atoms with Crippen LogP contribution >= 0.6 is 11.6 Å². The number of pyridine rings is 1. The van der Waals surface area contributed by atoms with E-state index in [9.17, 15) is 4.91 Å². The standard InChI is InChI=1S/C33H41ClN4O3/c1-33(2,36-39)25-10-13-32-30(20-25)28(29-6-4-15-35-31(29)23-41-32)7-5-16-37-17-14-27(22-37)38(18-19-40-3)21-24-8-11-26(34)12-9-24/h4,6-9,11-12,15,20,27H,5,10,13-14,16-19,21-23H2,1-3H3/b28-7+. The van der Waals surface area contributed by atoms with Crippen LogP contribution < -0.4 is 0 Å². The third kappa shape index (κ3) is 7.15. The van der Waals surface area contributed by atoms with E-state index in [2.05, 4.69) is 50.3 Å². The smallest absolute Gasteiger partial charge is 0.130 e. The highest BCUT2D eigenvalue weighted by molar-refractivity contribution is 6.30. The van der Waals surface area contributed by atoms with Crippen molar-refractivity contribution in [2.75, 3.05) is 39.9 Å². The van der Waals surface area contributed by atoms with Gasteiger partial charge in [0.05, 0.1) is 12.3 Å². The van der Waals surface area contributed by atoms with Crippen molar-refractivity contribution < 1.29 is 9.47 Å². The Labute approximate surface area is 248 Å². The minimum absolute atomic E-state index is 0.462. The van der Waals surface area contributed by atoms with E-state index in [1.54, 1.807) is 7.11 Å². The molecular weight excluding hydrogens is 536 g/mol. The van der Waals surface area contributed by atoms with E-state index in [1.165, 1.54) is 5.56 Å². The molecule has 2 aromatic rings. The maximum absolute atomic E-state index is 11.6. The fourth-order valence-electron chi connectivity index (χ4n) is 6.08. The van der Waals surface area contributed by atoms with Crippen LogP contribution in [0.15, 0.2) is 76.8 Å². The number of fused-ring (bicyclic) bond motifs is 1. The number of hydrogen-bond donors (Lipinski definition) is 0. The molecule has 3 heterocycles. The lowest BCUT2D eigenvalue weighted by Crippen LogP contribution is -2.39. The summed E-state index contributed by atoms with van der Waals surface area (Å²) in [6.45, 7) is 9.86. The third-order valence-electron chi connectivity index (χ3n) is 8.55. The molecule has 1 unspecified atom stereocenters. The summed E-state index contributed by atoms with van der Waals surface area (Å²) in [5.41, 5.74) is 5.87. The van der Waals surface area contributed by atoms with Crippen LogP contribution in [-0.4, -0.2) is 66.3 Å². The molecule has 218 valence electrons. The van der Waals surface area contributed by atoms with Crippen LogP contribution in [0.4, 0.5) is 0 Å². The van der Waals surface area contributed by atoms with E-state index >= 15 is 0 Å². The fraction of sp³-hybridized carbons (Fsp3) is 0.485. The number of halogens is 1. The summed E-state index contributed by atoms with van der Waals surface area (Å²) in [5.74, 6) is 0.983. The molecule has 5 rings (SSSR count). The van der Waals surface area contributed by atoms with Gasteiger partial charge in [-0.15, -0.1) is 4.91 Å². The lowest BCUT2D eigenvalue weighted by molar-refractivity contribution is 0.115. The van der Waals surface area contributed by atoms with Crippen LogP contribution in [0.5, 0.6) is 0 Å². The predicted molar refractivity (Wildman–Crippen MR) is 164 cm³/mol. The van der Waals surface area contributed by atoms with Crippen LogP contribution in [0.3, 0.4) is 0 Å². The van der Waals surface area contributed by atoms with Gasteiger partial charge in [0.2, 0.25) is 0 Å². The van der Waals surface area contributed by atoms with Gasteiger partial charge in [-0.3, -0.25) is 9.88 Å². The van der Waals surface area contributed by atoms with Crippen LogP contribution in [0.2, 0.25) is 5.02 Å². The van der Waals surface area contributed by atoms with E-state index in [0.717, 1.165) is 104 Å². The van der Waals surface area contributed by atoms with Crippen LogP contribution in [0.1, 0.15) is 56.4 Å². The average Bonchev–Trinajstić information content (AvgIpc) is 3.40. The van der Waals surface area contributed by atoms with Gasteiger partial charge >= 0.3 is 0 Å². The van der Waals surface area contributed by atoms with Crippen LogP contribution in [0, 0.1) is 4.91 Å². The molecule has 3 aliphatic rings. The number of nitrogens with zero attached hydrogens (tertiary/aromatic N) is 4. The minimum Gasteiger partial charge on any atom is -0.491 e. The van der Waals surface area contributed by atoms with Gasteiger partial charge in [-0.05, 0) is 80.6 Å². The Morgan fingerprint density at radius 3 is 2.85 bits per heavy atom. The highest BCUT2D eigenvalue weighted by Crippen LogP contribution is 2.41. The molecule has 1 aromatic carbocycles. The molecule has 0 saturated carbocycles. The highest BCUT2D eigenvalue weighted by Gasteiger charge is 2.31. The van der Waals surface area contributed by atoms with Crippen LogP contribution in [0.25, 0.3) is 5.57 Å². The van der Waals surface area contributed by atoms with Gasteiger partial charge in [-0.2, -0.15) is 0 Å². The van der Waals surface area contributed by atoms with Crippen molar-refractivity contribution in [3.05, 3.63) is 98.4 Å². The second kappa shape index (κ2) is 13.4. The second-order valence-corrected chi connectivity index (χ2v) is 12.1. The molecule has 1 fully saturated rings. The van der Waals surface area contributed by atoms with E-state index in [1.807, 2.05) is 38.2 Å². The molecule has 0 amide bonds. The number of nitroso groups, excluding NO2 is 1. The first kappa shape index (κ1) is 29.6. The summed E-state index contributed by atoms with van der Waals surface area (Å²) < 4.78 is 11.7. The van der Waals surface area contributed by atoms with Gasteiger partial charge in [0.25, 0.3) is 0 Å².